The summed E-state index contributed by atoms with van der Waals surface area (Å²) < 4.78 is 5.48. The second-order valence-electron chi connectivity index (χ2n) is 8.44. The molecule has 2 aromatic rings. The Hall–Kier alpha value is -3.08. The quantitative estimate of drug-likeness (QED) is 0.546. The molecule has 1 N–H and O–H groups in total. The maximum absolute atomic E-state index is 13.6. The van der Waals surface area contributed by atoms with Crippen molar-refractivity contribution in [3.8, 4) is 5.75 Å². The van der Waals surface area contributed by atoms with Crippen LogP contribution in [0.4, 0.5) is 0 Å². The van der Waals surface area contributed by atoms with Gasteiger partial charge in [-0.25, -0.2) is 0 Å². The van der Waals surface area contributed by atoms with Gasteiger partial charge in [0.2, 0.25) is 5.91 Å². The fourth-order valence-electron chi connectivity index (χ4n) is 4.08. The summed E-state index contributed by atoms with van der Waals surface area (Å²) in [5.74, 6) is 1.27. The van der Waals surface area contributed by atoms with Gasteiger partial charge in [0.15, 0.2) is 0 Å². The van der Waals surface area contributed by atoms with E-state index in [1.807, 2.05) is 65.6 Å². The largest absolute Gasteiger partial charge is 0.496 e. The number of para-hydroxylation sites is 1. The SMILES string of the molecule is COc1ccccc1/C=C(/C(=O)N1CCCC(C(=O)NCC2CC2)C1)c1ccccc1. The van der Waals surface area contributed by atoms with Gasteiger partial charge in [0, 0.05) is 30.8 Å². The molecule has 0 spiro atoms. The third-order valence-electron chi connectivity index (χ3n) is 6.10. The lowest BCUT2D eigenvalue weighted by molar-refractivity contribution is -0.131. The molecular weight excluding hydrogens is 388 g/mol. The number of carbonyl (C=O) groups is 2. The highest BCUT2D eigenvalue weighted by Gasteiger charge is 2.31. The van der Waals surface area contributed by atoms with Crippen LogP contribution in [0.2, 0.25) is 0 Å². The van der Waals surface area contributed by atoms with E-state index in [1.54, 1.807) is 7.11 Å². The summed E-state index contributed by atoms with van der Waals surface area (Å²) in [5.41, 5.74) is 2.33. The van der Waals surface area contributed by atoms with E-state index >= 15 is 0 Å². The first-order valence-corrected chi connectivity index (χ1v) is 11.1. The van der Waals surface area contributed by atoms with Gasteiger partial charge in [-0.3, -0.25) is 9.59 Å². The fraction of sp³-hybridized carbons (Fsp3) is 0.385. The lowest BCUT2D eigenvalue weighted by Crippen LogP contribution is -2.46. The Bertz CT molecular complexity index is 950. The van der Waals surface area contributed by atoms with Crippen LogP contribution >= 0.6 is 0 Å². The van der Waals surface area contributed by atoms with E-state index in [9.17, 15) is 9.59 Å². The van der Waals surface area contributed by atoms with Gasteiger partial charge in [0.1, 0.15) is 5.75 Å². The first kappa shape index (κ1) is 21.2. The van der Waals surface area contributed by atoms with Crippen LogP contribution in [0.3, 0.4) is 0 Å². The molecule has 0 bridgehead atoms. The van der Waals surface area contributed by atoms with Crippen LogP contribution in [0.5, 0.6) is 5.75 Å². The Kier molecular flexibility index (Phi) is 6.70. The molecule has 1 aliphatic carbocycles. The number of hydrogen-bond donors (Lipinski definition) is 1. The van der Waals surface area contributed by atoms with Crippen molar-refractivity contribution in [2.24, 2.45) is 11.8 Å². The highest BCUT2D eigenvalue weighted by Crippen LogP contribution is 2.29. The van der Waals surface area contributed by atoms with Crippen LogP contribution in [-0.4, -0.2) is 43.5 Å². The van der Waals surface area contributed by atoms with Crippen LogP contribution in [0.1, 0.15) is 36.8 Å². The Morgan fingerprint density at radius 3 is 2.55 bits per heavy atom. The molecule has 1 unspecified atom stereocenters. The Labute approximate surface area is 184 Å². The maximum atomic E-state index is 13.6. The van der Waals surface area contributed by atoms with Gasteiger partial charge in [0.05, 0.1) is 13.0 Å². The third-order valence-corrected chi connectivity index (χ3v) is 6.10. The van der Waals surface area contributed by atoms with E-state index in [1.165, 1.54) is 12.8 Å². The maximum Gasteiger partial charge on any atom is 0.254 e. The normalized spacial score (nSPS) is 19.1. The molecule has 1 saturated heterocycles. The van der Waals surface area contributed by atoms with Crippen molar-refractivity contribution in [1.29, 1.82) is 0 Å². The van der Waals surface area contributed by atoms with Crippen LogP contribution < -0.4 is 10.1 Å². The number of nitrogens with zero attached hydrogens (tertiary/aromatic N) is 1. The number of rotatable bonds is 7. The van der Waals surface area contributed by atoms with E-state index in [2.05, 4.69) is 5.32 Å². The molecule has 0 aromatic heterocycles. The van der Waals surface area contributed by atoms with Crippen molar-refractivity contribution < 1.29 is 14.3 Å². The molecule has 1 saturated carbocycles. The van der Waals surface area contributed by atoms with Gasteiger partial charge < -0.3 is 15.0 Å². The average Bonchev–Trinajstić information content (AvgIpc) is 3.66. The van der Waals surface area contributed by atoms with Gasteiger partial charge >= 0.3 is 0 Å². The van der Waals surface area contributed by atoms with Crippen molar-refractivity contribution in [3.63, 3.8) is 0 Å². The number of nitrogens with one attached hydrogen (secondary N) is 1. The molecule has 0 radical (unpaired) electrons. The predicted octanol–water partition coefficient (Wildman–Crippen LogP) is 4.00. The molecule has 1 heterocycles. The number of likely N-dealkylation sites (tertiary alicyclic amines) is 1. The van der Waals surface area contributed by atoms with E-state index in [0.29, 0.717) is 24.6 Å². The first-order chi connectivity index (χ1) is 15.2. The van der Waals surface area contributed by atoms with Crippen LogP contribution in [-0.2, 0) is 9.59 Å². The summed E-state index contributed by atoms with van der Waals surface area (Å²) in [5, 5.41) is 3.08. The first-order valence-electron chi connectivity index (χ1n) is 11.1. The van der Waals surface area contributed by atoms with Crippen molar-refractivity contribution >= 4 is 23.5 Å². The number of ether oxygens (including phenoxy) is 1. The van der Waals surface area contributed by atoms with Crippen LogP contribution in [0.25, 0.3) is 11.6 Å². The minimum atomic E-state index is -0.139. The number of hydrogen-bond acceptors (Lipinski definition) is 3. The molecule has 5 nitrogen and oxygen atoms in total. The average molecular weight is 419 g/mol. The van der Waals surface area contributed by atoms with Crippen molar-refractivity contribution in [2.75, 3.05) is 26.7 Å². The lowest BCUT2D eigenvalue weighted by atomic mass is 9.94. The van der Waals surface area contributed by atoms with E-state index < -0.39 is 0 Å². The molecular formula is C26H30N2O3. The van der Waals surface area contributed by atoms with E-state index in [0.717, 1.165) is 36.3 Å². The van der Waals surface area contributed by atoms with Gasteiger partial charge in [-0.15, -0.1) is 0 Å². The number of benzene rings is 2. The third kappa shape index (κ3) is 5.35. The predicted molar refractivity (Wildman–Crippen MR) is 122 cm³/mol. The fourth-order valence-corrected chi connectivity index (χ4v) is 4.08. The topological polar surface area (TPSA) is 58.6 Å². The molecule has 4 rings (SSSR count). The second kappa shape index (κ2) is 9.82. The number of piperidine rings is 1. The zero-order valence-electron chi connectivity index (χ0n) is 18.0. The molecule has 1 atom stereocenters. The summed E-state index contributed by atoms with van der Waals surface area (Å²) in [4.78, 5) is 28.1. The molecule has 2 amide bonds. The van der Waals surface area contributed by atoms with Gasteiger partial charge in [0.25, 0.3) is 5.91 Å². The number of amides is 2. The second-order valence-corrected chi connectivity index (χ2v) is 8.44. The van der Waals surface area contributed by atoms with E-state index in [4.69, 9.17) is 4.74 Å². The van der Waals surface area contributed by atoms with Crippen LogP contribution in [0.15, 0.2) is 54.6 Å². The molecule has 2 fully saturated rings. The summed E-state index contributed by atoms with van der Waals surface area (Å²) in [6.07, 6.45) is 5.99. The Morgan fingerprint density at radius 2 is 1.81 bits per heavy atom. The van der Waals surface area contributed by atoms with Gasteiger partial charge in [-0.1, -0.05) is 48.5 Å². The Morgan fingerprint density at radius 1 is 1.06 bits per heavy atom. The molecule has 5 heteroatoms. The minimum Gasteiger partial charge on any atom is -0.496 e. The smallest absolute Gasteiger partial charge is 0.254 e. The number of methoxy groups -OCH3 is 1. The summed E-state index contributed by atoms with van der Waals surface area (Å²) in [6, 6.07) is 17.4. The van der Waals surface area contributed by atoms with Crippen molar-refractivity contribution in [2.45, 2.75) is 25.7 Å². The molecule has 1 aliphatic heterocycles. The molecule has 31 heavy (non-hydrogen) atoms. The summed E-state index contributed by atoms with van der Waals surface area (Å²) in [7, 11) is 1.63. The van der Waals surface area contributed by atoms with Gasteiger partial charge in [-0.2, -0.15) is 0 Å². The van der Waals surface area contributed by atoms with Gasteiger partial charge in [-0.05, 0) is 49.3 Å². The highest BCUT2D eigenvalue weighted by atomic mass is 16.5. The minimum absolute atomic E-state index is 0.0446. The monoisotopic (exact) mass is 418 g/mol. The summed E-state index contributed by atoms with van der Waals surface area (Å²) >= 11 is 0. The van der Waals surface area contributed by atoms with Crippen molar-refractivity contribution in [3.05, 3.63) is 65.7 Å². The number of carbonyl (C=O) groups excluding carboxylic acids is 2. The van der Waals surface area contributed by atoms with E-state index in [-0.39, 0.29) is 17.7 Å². The summed E-state index contributed by atoms with van der Waals surface area (Å²) in [6.45, 7) is 1.90. The zero-order valence-corrected chi connectivity index (χ0v) is 18.0. The molecule has 162 valence electrons. The molecule has 2 aromatic carbocycles. The lowest BCUT2D eigenvalue weighted by Gasteiger charge is -2.33. The standard InChI is InChI=1S/C26H30N2O3/c1-31-24-12-6-5-10-21(24)16-23(20-8-3-2-4-9-20)26(30)28-15-7-11-22(18-28)25(29)27-17-19-13-14-19/h2-6,8-10,12,16,19,22H,7,11,13-15,17-18H2,1H3,(H,27,29)/b23-16+. The highest BCUT2D eigenvalue weighted by molar-refractivity contribution is 6.24. The van der Waals surface area contributed by atoms with Crippen LogP contribution in [0, 0.1) is 11.8 Å². The Balaban J connectivity index is 1.56. The zero-order chi connectivity index (χ0) is 21.6. The van der Waals surface area contributed by atoms with Crippen molar-refractivity contribution in [1.82, 2.24) is 10.2 Å². The molecule has 2 aliphatic rings.